The minimum atomic E-state index is -0.132. The van der Waals surface area contributed by atoms with Crippen molar-refractivity contribution >= 4 is 46.6 Å². The van der Waals surface area contributed by atoms with E-state index in [0.29, 0.717) is 16.5 Å². The van der Waals surface area contributed by atoms with Gasteiger partial charge in [0.25, 0.3) is 0 Å². The Labute approximate surface area is 180 Å². The molecule has 2 N–H and O–H groups in total. The predicted molar refractivity (Wildman–Crippen MR) is 119 cm³/mol. The molecule has 1 fully saturated rings. The summed E-state index contributed by atoms with van der Waals surface area (Å²) in [5.74, 6) is 0.895. The number of carbonyl (C=O) groups excluding carboxylic acids is 2. The molecule has 0 aliphatic heterocycles. The van der Waals surface area contributed by atoms with Crippen molar-refractivity contribution in [3.8, 4) is 5.75 Å². The molecule has 29 heavy (non-hydrogen) atoms. The lowest BCUT2D eigenvalue weighted by Gasteiger charge is -2.20. The summed E-state index contributed by atoms with van der Waals surface area (Å²) in [6.07, 6.45) is 5.41. The molecule has 0 radical (unpaired) electrons. The van der Waals surface area contributed by atoms with E-state index >= 15 is 0 Å². The summed E-state index contributed by atoms with van der Waals surface area (Å²) in [6, 6.07) is 12.7. The third kappa shape index (κ3) is 6.41. The topological polar surface area (TPSA) is 67.4 Å². The Hall–Kier alpha value is -2.18. The Kier molecular flexibility index (Phi) is 7.83. The van der Waals surface area contributed by atoms with Crippen LogP contribution in [0.4, 0.5) is 11.4 Å². The van der Waals surface area contributed by atoms with Gasteiger partial charge < -0.3 is 15.4 Å². The molecule has 154 valence electrons. The van der Waals surface area contributed by atoms with Gasteiger partial charge in [-0.05, 0) is 49.2 Å². The number of nitrogens with one attached hydrogen (secondary N) is 2. The molecular formula is C22H25ClN2O3S. The molecule has 5 nitrogen and oxygen atoms in total. The van der Waals surface area contributed by atoms with Crippen molar-refractivity contribution in [3.63, 3.8) is 0 Å². The van der Waals surface area contributed by atoms with Crippen molar-refractivity contribution in [3.05, 3.63) is 47.5 Å². The SMILES string of the molecule is COc1ccc(NC(=O)CSc2cccc(NC(=O)C3CCCCC3)c2)cc1Cl. The maximum absolute atomic E-state index is 12.4. The molecule has 1 saturated carbocycles. The fourth-order valence-corrected chi connectivity index (χ4v) is 4.38. The highest BCUT2D eigenvalue weighted by molar-refractivity contribution is 8.00. The summed E-state index contributed by atoms with van der Waals surface area (Å²) in [5.41, 5.74) is 1.39. The largest absolute Gasteiger partial charge is 0.495 e. The number of carbonyl (C=O) groups is 2. The number of rotatable bonds is 7. The van der Waals surface area contributed by atoms with Crippen LogP contribution in [0.1, 0.15) is 32.1 Å². The maximum Gasteiger partial charge on any atom is 0.234 e. The van der Waals surface area contributed by atoms with Gasteiger partial charge in [0, 0.05) is 22.2 Å². The molecule has 1 aliphatic carbocycles. The van der Waals surface area contributed by atoms with Gasteiger partial charge in [-0.25, -0.2) is 0 Å². The normalized spacial score (nSPS) is 14.3. The van der Waals surface area contributed by atoms with Gasteiger partial charge in [-0.1, -0.05) is 36.9 Å². The Morgan fingerprint density at radius 3 is 2.55 bits per heavy atom. The zero-order valence-electron chi connectivity index (χ0n) is 16.4. The van der Waals surface area contributed by atoms with Crippen LogP contribution in [0.5, 0.6) is 5.75 Å². The molecular weight excluding hydrogens is 408 g/mol. The van der Waals surface area contributed by atoms with Gasteiger partial charge in [-0.2, -0.15) is 0 Å². The molecule has 0 spiro atoms. The molecule has 1 aliphatic rings. The first kappa shape index (κ1) is 21.5. The lowest BCUT2D eigenvalue weighted by molar-refractivity contribution is -0.120. The van der Waals surface area contributed by atoms with Crippen LogP contribution in [0.3, 0.4) is 0 Å². The molecule has 0 saturated heterocycles. The van der Waals surface area contributed by atoms with E-state index in [1.165, 1.54) is 18.2 Å². The van der Waals surface area contributed by atoms with Gasteiger partial charge >= 0.3 is 0 Å². The van der Waals surface area contributed by atoms with E-state index in [0.717, 1.165) is 36.3 Å². The smallest absolute Gasteiger partial charge is 0.234 e. The summed E-state index contributed by atoms with van der Waals surface area (Å²) >= 11 is 7.50. The van der Waals surface area contributed by atoms with Crippen LogP contribution in [0.25, 0.3) is 0 Å². The minimum Gasteiger partial charge on any atom is -0.495 e. The zero-order valence-corrected chi connectivity index (χ0v) is 17.9. The second-order valence-corrected chi connectivity index (χ2v) is 8.49. The molecule has 0 bridgehead atoms. The van der Waals surface area contributed by atoms with E-state index in [4.69, 9.17) is 16.3 Å². The van der Waals surface area contributed by atoms with Crippen molar-refractivity contribution in [2.45, 2.75) is 37.0 Å². The van der Waals surface area contributed by atoms with Crippen molar-refractivity contribution in [1.29, 1.82) is 0 Å². The standard InChI is InChI=1S/C22H25ClN2O3S/c1-28-20-11-10-17(13-19(20)23)24-21(26)14-29-18-9-5-8-16(12-18)25-22(27)15-6-3-2-4-7-15/h5,8-13,15H,2-4,6-7,14H2,1H3,(H,24,26)(H,25,27). The van der Waals surface area contributed by atoms with Crippen LogP contribution in [0, 0.1) is 5.92 Å². The monoisotopic (exact) mass is 432 g/mol. The molecule has 2 aromatic carbocycles. The number of hydrogen-bond donors (Lipinski definition) is 2. The van der Waals surface area contributed by atoms with E-state index in [-0.39, 0.29) is 23.5 Å². The van der Waals surface area contributed by atoms with E-state index in [1.807, 2.05) is 24.3 Å². The lowest BCUT2D eigenvalue weighted by atomic mass is 9.88. The number of benzene rings is 2. The first-order chi connectivity index (χ1) is 14.0. The first-order valence-electron chi connectivity index (χ1n) is 9.72. The second kappa shape index (κ2) is 10.6. The molecule has 2 amide bonds. The molecule has 0 unspecified atom stereocenters. The third-order valence-electron chi connectivity index (χ3n) is 4.88. The van der Waals surface area contributed by atoms with Crippen molar-refractivity contribution in [2.75, 3.05) is 23.5 Å². The molecule has 7 heteroatoms. The number of ether oxygens (including phenoxy) is 1. The van der Waals surface area contributed by atoms with Crippen LogP contribution >= 0.6 is 23.4 Å². The summed E-state index contributed by atoms with van der Waals surface area (Å²) in [6.45, 7) is 0. The van der Waals surface area contributed by atoms with Gasteiger partial charge in [0.15, 0.2) is 0 Å². The van der Waals surface area contributed by atoms with Gasteiger partial charge in [-0.3, -0.25) is 9.59 Å². The summed E-state index contributed by atoms with van der Waals surface area (Å²) < 4.78 is 5.11. The van der Waals surface area contributed by atoms with Crippen LogP contribution < -0.4 is 15.4 Å². The summed E-state index contributed by atoms with van der Waals surface area (Å²) in [4.78, 5) is 25.6. The second-order valence-electron chi connectivity index (χ2n) is 7.04. The number of hydrogen-bond acceptors (Lipinski definition) is 4. The first-order valence-corrected chi connectivity index (χ1v) is 11.1. The number of thioether (sulfide) groups is 1. The maximum atomic E-state index is 12.4. The summed E-state index contributed by atoms with van der Waals surface area (Å²) in [5, 5.41) is 6.29. The Bertz CT molecular complexity index is 869. The van der Waals surface area contributed by atoms with Gasteiger partial charge in [-0.15, -0.1) is 11.8 Å². The summed E-state index contributed by atoms with van der Waals surface area (Å²) in [7, 11) is 1.54. The lowest BCUT2D eigenvalue weighted by Crippen LogP contribution is -2.24. The van der Waals surface area contributed by atoms with E-state index in [9.17, 15) is 9.59 Å². The van der Waals surface area contributed by atoms with Gasteiger partial charge in [0.05, 0.1) is 17.9 Å². The highest BCUT2D eigenvalue weighted by atomic mass is 35.5. The van der Waals surface area contributed by atoms with Gasteiger partial charge in [0.2, 0.25) is 11.8 Å². The molecule has 0 atom stereocenters. The van der Waals surface area contributed by atoms with Crippen molar-refractivity contribution in [1.82, 2.24) is 0 Å². The molecule has 2 aromatic rings. The molecule has 0 heterocycles. The average Bonchev–Trinajstić information content (AvgIpc) is 2.73. The highest BCUT2D eigenvalue weighted by Gasteiger charge is 2.21. The third-order valence-corrected chi connectivity index (χ3v) is 6.17. The Morgan fingerprint density at radius 2 is 1.83 bits per heavy atom. The minimum absolute atomic E-state index is 0.0981. The van der Waals surface area contributed by atoms with Gasteiger partial charge in [0.1, 0.15) is 5.75 Å². The fraction of sp³-hybridized carbons (Fsp3) is 0.364. The predicted octanol–water partition coefficient (Wildman–Crippen LogP) is 5.60. The number of anilines is 2. The van der Waals surface area contributed by atoms with Crippen molar-refractivity contribution in [2.24, 2.45) is 5.92 Å². The Balaban J connectivity index is 1.51. The van der Waals surface area contributed by atoms with E-state index in [2.05, 4.69) is 10.6 Å². The highest BCUT2D eigenvalue weighted by Crippen LogP contribution is 2.28. The number of halogens is 1. The quantitative estimate of drug-likeness (QED) is 0.559. The molecule has 0 aromatic heterocycles. The average molecular weight is 433 g/mol. The van der Waals surface area contributed by atoms with E-state index < -0.39 is 0 Å². The number of methoxy groups -OCH3 is 1. The van der Waals surface area contributed by atoms with Crippen LogP contribution in [-0.4, -0.2) is 24.7 Å². The van der Waals surface area contributed by atoms with E-state index in [1.54, 1.807) is 25.3 Å². The van der Waals surface area contributed by atoms with Crippen LogP contribution in [-0.2, 0) is 9.59 Å². The van der Waals surface area contributed by atoms with Crippen molar-refractivity contribution < 1.29 is 14.3 Å². The van der Waals surface area contributed by atoms with Crippen LogP contribution in [0.15, 0.2) is 47.4 Å². The molecule has 3 rings (SSSR count). The number of amides is 2. The van der Waals surface area contributed by atoms with Crippen LogP contribution in [0.2, 0.25) is 5.02 Å². The fourth-order valence-electron chi connectivity index (χ4n) is 3.36. The Morgan fingerprint density at radius 1 is 1.07 bits per heavy atom. The zero-order chi connectivity index (χ0) is 20.6.